The third kappa shape index (κ3) is 14.1. The van der Waals surface area contributed by atoms with Gasteiger partial charge in [0.25, 0.3) is 0 Å². The van der Waals surface area contributed by atoms with Crippen LogP contribution in [-0.4, -0.2) is 110 Å². The van der Waals surface area contributed by atoms with Crippen LogP contribution in [0.4, 0.5) is 0 Å². The Balaban J connectivity index is 1.01. The predicted octanol–water partition coefficient (Wildman–Crippen LogP) is 9.60. The fourth-order valence-corrected chi connectivity index (χ4v) is 9.21. The first-order valence-electron chi connectivity index (χ1n) is 26.3. The van der Waals surface area contributed by atoms with Crippen molar-refractivity contribution < 1.29 is 85.7 Å². The summed E-state index contributed by atoms with van der Waals surface area (Å²) in [5.41, 5.74) is 0.817. The van der Waals surface area contributed by atoms with Gasteiger partial charge >= 0.3 is 41.8 Å². The van der Waals surface area contributed by atoms with E-state index in [-0.39, 0.29) is 33.6 Å². The van der Waals surface area contributed by atoms with Crippen molar-refractivity contribution in [3.05, 3.63) is 252 Å². The zero-order valence-corrected chi connectivity index (χ0v) is 44.2. The van der Waals surface area contributed by atoms with Gasteiger partial charge in [-0.2, -0.15) is 0 Å². The van der Waals surface area contributed by atoms with Crippen LogP contribution < -0.4 is 9.47 Å². The number of hydrogen-bond donors (Lipinski definition) is 0. The van der Waals surface area contributed by atoms with Crippen LogP contribution in [0.15, 0.2) is 218 Å². The average Bonchev–Trinajstić information content (AvgIpc) is 3.54. The second kappa shape index (κ2) is 26.5. The molecule has 0 radical (unpaired) electrons. The molecule has 2 saturated heterocycles. The fraction of sp³-hybridized carbons (Fsp3) is 0.185. The number of benzene rings is 8. The molecule has 8 aromatic carbocycles. The van der Waals surface area contributed by atoms with E-state index in [1.807, 2.05) is 0 Å². The Morgan fingerprint density at radius 3 is 1.24 bits per heavy atom. The molecule has 2 heterocycles. The Hall–Kier alpha value is -10.0. The number of carbonyl (C=O) groups excluding carboxylic acids is 7. The smallest absolute Gasteiger partial charge is 0.343 e. The van der Waals surface area contributed by atoms with E-state index in [9.17, 15) is 33.6 Å². The molecule has 18 heteroatoms. The predicted molar refractivity (Wildman–Crippen MR) is 294 cm³/mol. The van der Waals surface area contributed by atoms with Gasteiger partial charge in [-0.05, 0) is 108 Å². The number of esters is 7. The number of hydrogen-bond acceptors (Lipinski definition) is 18. The van der Waals surface area contributed by atoms with E-state index in [1.54, 1.807) is 158 Å². The zero-order chi connectivity index (χ0) is 57.7. The lowest BCUT2D eigenvalue weighted by Gasteiger charge is -2.47. The van der Waals surface area contributed by atoms with Crippen LogP contribution in [0.25, 0.3) is 10.8 Å². The van der Waals surface area contributed by atoms with E-state index in [4.69, 9.17) is 52.1 Å². The standard InChI is InChI=1S/C65H52O18/c1-40(66)75-54-52(39-74-64(56(54)82-62(71)45-28-16-6-17-29-45)77-50-35-33-47-36-49(34-32-48(47)37-50)76-59(68)42-22-10-3-11-23-42)79-65-57(83-63(72)46-30-18-7-19-31-46)55(81-61(70)44-26-14-5-15-27-44)53(80-60(69)43-24-12-4-13-25-43)51(78-65)38-73-58(67)41-20-8-2-9-21-41/h2-37,51-57,64-65H,38-39H2,1H3/t51?,52-,53-,54+,55-,56?,57?,64-,65-/m0/s1. The van der Waals surface area contributed by atoms with E-state index in [0.717, 1.165) is 6.92 Å². The highest BCUT2D eigenvalue weighted by atomic mass is 16.8. The molecule has 0 amide bonds. The van der Waals surface area contributed by atoms with Gasteiger partial charge < -0.3 is 52.1 Å². The Kier molecular flexibility index (Phi) is 18.0. The third-order valence-electron chi connectivity index (χ3n) is 13.2. The van der Waals surface area contributed by atoms with Gasteiger partial charge in [0, 0.05) is 6.92 Å². The lowest BCUT2D eigenvalue weighted by atomic mass is 9.97. The molecule has 0 spiro atoms. The molecular formula is C65H52O18. The van der Waals surface area contributed by atoms with Gasteiger partial charge in [-0.15, -0.1) is 0 Å². The number of rotatable bonds is 18. The highest BCUT2D eigenvalue weighted by Crippen LogP contribution is 2.36. The van der Waals surface area contributed by atoms with Gasteiger partial charge in [0.2, 0.25) is 12.4 Å². The quantitative estimate of drug-likeness (QED) is 0.0443. The molecule has 2 fully saturated rings. The van der Waals surface area contributed by atoms with Crippen molar-refractivity contribution in [2.24, 2.45) is 0 Å². The van der Waals surface area contributed by atoms with Gasteiger partial charge in [-0.1, -0.05) is 121 Å². The second-order valence-corrected chi connectivity index (χ2v) is 18.9. The molecule has 2 aliphatic rings. The molecule has 10 rings (SSSR count). The van der Waals surface area contributed by atoms with Crippen molar-refractivity contribution in [2.45, 2.75) is 62.2 Å². The van der Waals surface area contributed by atoms with Crippen LogP contribution in [0.2, 0.25) is 0 Å². The van der Waals surface area contributed by atoms with Crippen molar-refractivity contribution in [1.29, 1.82) is 0 Å². The summed E-state index contributed by atoms with van der Waals surface area (Å²) in [7, 11) is 0. The highest BCUT2D eigenvalue weighted by Gasteiger charge is 2.56. The SMILES string of the molecule is CC(=O)O[C@H]1C(OC(=O)c2ccccc2)[C@H](Oc2ccc3cc(OC(=O)c4ccccc4)ccc3c2)OC[C@@H]1O[C@@H]1OC(COC(=O)c2ccccc2)[C@H](OC(=O)c2ccccc2)[C@H](OC(=O)c2ccccc2)C1OC(=O)c1ccccc1. The first-order valence-corrected chi connectivity index (χ1v) is 26.3. The maximum atomic E-state index is 14.3. The summed E-state index contributed by atoms with van der Waals surface area (Å²) in [6.45, 7) is -0.0527. The molecule has 0 N–H and O–H groups in total. The molecule has 8 aromatic rings. The molecule has 83 heavy (non-hydrogen) atoms. The first-order chi connectivity index (χ1) is 40.4. The lowest BCUT2D eigenvalue weighted by molar-refractivity contribution is -0.336. The molecule has 9 atom stereocenters. The monoisotopic (exact) mass is 1120 g/mol. The minimum atomic E-state index is -1.89. The average molecular weight is 1120 g/mol. The van der Waals surface area contributed by atoms with Crippen molar-refractivity contribution in [2.75, 3.05) is 13.2 Å². The van der Waals surface area contributed by atoms with Crippen molar-refractivity contribution in [1.82, 2.24) is 0 Å². The van der Waals surface area contributed by atoms with E-state index < -0.39 is 110 Å². The molecule has 3 unspecified atom stereocenters. The van der Waals surface area contributed by atoms with Crippen LogP contribution in [0.1, 0.15) is 69.1 Å². The van der Waals surface area contributed by atoms with Crippen LogP contribution in [0.5, 0.6) is 11.5 Å². The lowest BCUT2D eigenvalue weighted by Crippen LogP contribution is -2.65. The third-order valence-corrected chi connectivity index (χ3v) is 13.2. The van der Waals surface area contributed by atoms with Crippen molar-refractivity contribution in [3.63, 3.8) is 0 Å². The highest BCUT2D eigenvalue weighted by molar-refractivity contribution is 5.94. The molecule has 2 aliphatic heterocycles. The van der Waals surface area contributed by atoms with Crippen molar-refractivity contribution >= 4 is 52.6 Å². The number of carbonyl (C=O) groups is 7. The zero-order valence-electron chi connectivity index (χ0n) is 44.2. The van der Waals surface area contributed by atoms with E-state index in [1.165, 1.54) is 60.7 Å². The topological polar surface area (TPSA) is 221 Å². The molecule has 18 nitrogen and oxygen atoms in total. The van der Waals surface area contributed by atoms with Crippen LogP contribution in [0, 0.1) is 0 Å². The summed E-state index contributed by atoms with van der Waals surface area (Å²) in [6, 6.07) is 58.0. The number of ether oxygens (including phenoxy) is 11. The molecular weight excluding hydrogens is 1070 g/mol. The number of fused-ring (bicyclic) bond motifs is 1. The summed E-state index contributed by atoms with van der Waals surface area (Å²) in [5.74, 6) is -5.40. The van der Waals surface area contributed by atoms with Crippen LogP contribution >= 0.6 is 0 Å². The van der Waals surface area contributed by atoms with Crippen LogP contribution in [0.3, 0.4) is 0 Å². The Morgan fingerprint density at radius 1 is 0.398 bits per heavy atom. The van der Waals surface area contributed by atoms with Gasteiger partial charge in [0.05, 0.1) is 40.0 Å². The summed E-state index contributed by atoms with van der Waals surface area (Å²) < 4.78 is 68.5. The largest absolute Gasteiger partial charge is 0.461 e. The first kappa shape index (κ1) is 56.3. The van der Waals surface area contributed by atoms with Gasteiger partial charge in [0.1, 0.15) is 30.3 Å². The molecule has 0 saturated carbocycles. The molecule has 0 aromatic heterocycles. The van der Waals surface area contributed by atoms with Gasteiger partial charge in [-0.25, -0.2) is 28.8 Å². The summed E-state index contributed by atoms with van der Waals surface area (Å²) in [4.78, 5) is 96.8. The maximum absolute atomic E-state index is 14.3. The molecule has 0 aliphatic carbocycles. The summed E-state index contributed by atoms with van der Waals surface area (Å²) >= 11 is 0. The van der Waals surface area contributed by atoms with E-state index >= 15 is 0 Å². The van der Waals surface area contributed by atoms with E-state index in [2.05, 4.69) is 0 Å². The van der Waals surface area contributed by atoms with Crippen molar-refractivity contribution in [3.8, 4) is 11.5 Å². The van der Waals surface area contributed by atoms with Gasteiger partial charge in [-0.3, -0.25) is 4.79 Å². The maximum Gasteiger partial charge on any atom is 0.343 e. The Bertz CT molecular complexity index is 3550. The normalized spacial score (nSPS) is 21.0. The Labute approximate surface area is 475 Å². The van der Waals surface area contributed by atoms with E-state index in [0.29, 0.717) is 22.1 Å². The second-order valence-electron chi connectivity index (χ2n) is 18.9. The summed E-state index contributed by atoms with van der Waals surface area (Å²) in [5, 5.41) is 1.32. The minimum absolute atomic E-state index is 0.0448. The van der Waals surface area contributed by atoms with Crippen LogP contribution in [-0.2, 0) is 47.4 Å². The summed E-state index contributed by atoms with van der Waals surface area (Å²) in [6.07, 6.45) is -15.1. The Morgan fingerprint density at radius 2 is 0.783 bits per heavy atom. The molecule has 420 valence electrons. The fourth-order valence-electron chi connectivity index (χ4n) is 9.21. The molecule has 0 bridgehead atoms. The minimum Gasteiger partial charge on any atom is -0.461 e. The van der Waals surface area contributed by atoms with Gasteiger partial charge in [0.15, 0.2) is 30.7 Å².